The van der Waals surface area contributed by atoms with Gasteiger partial charge in [0.05, 0.1) is 5.69 Å². The molecule has 72 heavy (non-hydrogen) atoms. The molecular weight excluding hydrogens is 1060 g/mol. The molecule has 0 N–H and O–H groups in total. The number of hydrogen-bond acceptors (Lipinski definition) is 3. The maximum atomic E-state index is 6.82. The second kappa shape index (κ2) is 18.9. The molecule has 6 nitrogen and oxygen atoms in total. The van der Waals surface area contributed by atoms with Crippen molar-refractivity contribution in [3.8, 4) is 62.3 Å². The van der Waals surface area contributed by atoms with Crippen LogP contribution in [0.1, 0.15) is 105 Å². The maximum absolute atomic E-state index is 6.82. The summed E-state index contributed by atoms with van der Waals surface area (Å²) in [7, 11) is 0. The van der Waals surface area contributed by atoms with E-state index >= 15 is 0 Å². The van der Waals surface area contributed by atoms with Gasteiger partial charge in [-0.3, -0.25) is 0 Å². The Morgan fingerprint density at radius 1 is 0.500 bits per heavy atom. The number of ether oxygens (including phenoxy) is 1. The minimum atomic E-state index is -0.0987. The Balaban J connectivity index is 0.00000640. The Morgan fingerprint density at radius 2 is 1.07 bits per heavy atom. The van der Waals surface area contributed by atoms with Gasteiger partial charge in [0.1, 0.15) is 5.82 Å². The molecule has 7 aromatic carbocycles. The minimum absolute atomic E-state index is 0. The van der Waals surface area contributed by atoms with Crippen molar-refractivity contribution in [1.29, 1.82) is 0 Å². The minimum Gasteiger partial charge on any atom is -0.510 e. The van der Waals surface area contributed by atoms with Crippen molar-refractivity contribution in [2.24, 2.45) is 0 Å². The summed E-state index contributed by atoms with van der Waals surface area (Å²) < 4.78 is 13.0. The quantitative estimate of drug-likeness (QED) is 0.113. The smallest absolute Gasteiger partial charge is 0.272 e. The molecule has 0 aliphatic heterocycles. The van der Waals surface area contributed by atoms with Gasteiger partial charge in [0, 0.05) is 49.8 Å². The standard InChI is InChI=1S/C65H63N5O.Pt/c1-62(2,3)45-29-32-57-56(38-45)55-31-30-52(41-58(55)70(57)59-39-46(33-34-66-59)63(4,5)6)71-51-26-19-25-49(40-51)68-42-69(50-36-47(64(7,8)9)35-48(37-50)65(10,11)12)67-61(68)60-53(43-21-15-13-16-22-43)27-20-28-54(60)44-23-17-14-18-24-44;/h13-39H,1-12H3;/q-2;. The molecule has 10 rings (SSSR count). The number of rotatable bonds is 8. The molecule has 0 spiro atoms. The van der Waals surface area contributed by atoms with Crippen molar-refractivity contribution < 1.29 is 30.5 Å². The van der Waals surface area contributed by atoms with Gasteiger partial charge >= 0.3 is 0 Å². The maximum Gasteiger partial charge on any atom is 0.272 e. The first-order valence-electron chi connectivity index (χ1n) is 24.7. The van der Waals surface area contributed by atoms with Gasteiger partial charge in [-0.1, -0.05) is 203 Å². The zero-order valence-corrected chi connectivity index (χ0v) is 45.8. The van der Waals surface area contributed by atoms with Crippen LogP contribution in [0, 0.1) is 18.5 Å². The van der Waals surface area contributed by atoms with E-state index in [1.54, 1.807) is 0 Å². The van der Waals surface area contributed by atoms with Crippen LogP contribution in [0.15, 0.2) is 164 Å². The van der Waals surface area contributed by atoms with Crippen molar-refractivity contribution in [1.82, 2.24) is 19.2 Å². The Labute approximate surface area is 440 Å². The van der Waals surface area contributed by atoms with Crippen LogP contribution in [0.2, 0.25) is 0 Å². The predicted octanol–water partition coefficient (Wildman–Crippen LogP) is 16.0. The first kappa shape index (κ1) is 50.1. The molecule has 7 heteroatoms. The van der Waals surface area contributed by atoms with Crippen LogP contribution in [0.3, 0.4) is 0 Å². The Morgan fingerprint density at radius 3 is 1.67 bits per heavy atom. The molecule has 10 aromatic rings. The monoisotopic (exact) mass is 1120 g/mol. The van der Waals surface area contributed by atoms with Crippen LogP contribution in [-0.4, -0.2) is 19.2 Å². The van der Waals surface area contributed by atoms with Gasteiger partial charge in [-0.25, -0.2) is 4.98 Å². The molecule has 0 aliphatic carbocycles. The Bertz CT molecular complexity index is 3510. The second-order valence-electron chi connectivity index (χ2n) is 23.0. The number of fused-ring (bicyclic) bond motifs is 3. The molecule has 0 atom stereocenters. The Hall–Kier alpha value is -6.88. The summed E-state index contributed by atoms with van der Waals surface area (Å²) in [6.07, 6.45) is 5.64. The normalized spacial score (nSPS) is 12.3. The number of benzene rings is 7. The number of aromatic nitrogens is 5. The van der Waals surface area contributed by atoms with E-state index < -0.39 is 0 Å². The number of hydrogen-bond donors (Lipinski definition) is 0. The van der Waals surface area contributed by atoms with Crippen LogP contribution in [0.4, 0.5) is 0 Å². The van der Waals surface area contributed by atoms with Crippen LogP contribution in [0.25, 0.3) is 72.6 Å². The first-order valence-corrected chi connectivity index (χ1v) is 24.7. The zero-order valence-electron chi connectivity index (χ0n) is 43.5. The summed E-state index contributed by atoms with van der Waals surface area (Å²) in [6, 6.07) is 63.1. The molecule has 3 aromatic heterocycles. The largest absolute Gasteiger partial charge is 0.510 e. The molecule has 0 bridgehead atoms. The summed E-state index contributed by atoms with van der Waals surface area (Å²) in [5.41, 5.74) is 13.5. The van der Waals surface area contributed by atoms with E-state index in [1.165, 1.54) is 22.3 Å². The molecule has 366 valence electrons. The van der Waals surface area contributed by atoms with Gasteiger partial charge in [0.15, 0.2) is 5.82 Å². The Kier molecular flexibility index (Phi) is 13.2. The first-order chi connectivity index (χ1) is 33.7. The molecule has 3 heterocycles. The zero-order chi connectivity index (χ0) is 50.0. The van der Waals surface area contributed by atoms with Gasteiger partial charge in [0.25, 0.3) is 6.33 Å². The summed E-state index contributed by atoms with van der Waals surface area (Å²) >= 11 is 0. The molecule has 0 saturated heterocycles. The van der Waals surface area contributed by atoms with Gasteiger partial charge in [-0.2, -0.15) is 22.9 Å². The van der Waals surface area contributed by atoms with E-state index in [-0.39, 0.29) is 42.7 Å². The van der Waals surface area contributed by atoms with E-state index in [0.717, 1.165) is 66.8 Å². The van der Waals surface area contributed by atoms with Gasteiger partial charge in [-0.05, 0) is 89.8 Å². The number of pyridine rings is 1. The fourth-order valence-corrected chi connectivity index (χ4v) is 9.30. The third kappa shape index (κ3) is 9.87. The van der Waals surface area contributed by atoms with Crippen LogP contribution < -0.4 is 9.42 Å². The molecule has 0 unspecified atom stereocenters. The SMILES string of the molecule is CC(C)(C)c1cc(-[n+]2[c-]n(-c3[c-]c(Oc4[c-]c5c(cc4)c4cc(C(C)(C)C)ccc4n5-c4cc(C(C)(C)C)ccn4)ccc3)c(-c3c(-c4ccccc4)cccc3-c3ccccc3)n2)cc(C(C)(C)C)c1.[Pt]. The summed E-state index contributed by atoms with van der Waals surface area (Å²) in [5, 5.41) is 7.77. The van der Waals surface area contributed by atoms with Crippen molar-refractivity contribution in [3.63, 3.8) is 0 Å². The van der Waals surface area contributed by atoms with Crippen molar-refractivity contribution in [3.05, 3.63) is 205 Å². The topological polar surface area (TPSA) is 48.8 Å². The van der Waals surface area contributed by atoms with Gasteiger partial charge < -0.3 is 13.9 Å². The molecule has 0 radical (unpaired) electrons. The van der Waals surface area contributed by atoms with Gasteiger partial charge in [-0.15, -0.1) is 34.8 Å². The third-order valence-corrected chi connectivity index (χ3v) is 13.5. The van der Waals surface area contributed by atoms with Crippen molar-refractivity contribution >= 4 is 21.8 Å². The summed E-state index contributed by atoms with van der Waals surface area (Å²) in [6.45, 7) is 27.0. The molecular formula is C65H63N5OPt-2. The summed E-state index contributed by atoms with van der Waals surface area (Å²) in [4.78, 5) is 4.95. The average molecular weight is 1130 g/mol. The molecule has 0 aliphatic rings. The second-order valence-corrected chi connectivity index (χ2v) is 23.0. The van der Waals surface area contributed by atoms with Crippen LogP contribution in [0.5, 0.6) is 11.5 Å². The number of nitrogens with zero attached hydrogens (tertiary/aromatic N) is 5. The van der Waals surface area contributed by atoms with Crippen LogP contribution in [-0.2, 0) is 42.7 Å². The van der Waals surface area contributed by atoms with Gasteiger partial charge in [0.2, 0.25) is 0 Å². The van der Waals surface area contributed by atoms with E-state index in [1.807, 2.05) is 39.7 Å². The van der Waals surface area contributed by atoms with E-state index in [2.05, 4.69) is 240 Å². The fraction of sp³-hybridized carbons (Fsp3) is 0.246. The van der Waals surface area contributed by atoms with E-state index in [0.29, 0.717) is 17.3 Å². The van der Waals surface area contributed by atoms with Crippen molar-refractivity contribution in [2.75, 3.05) is 0 Å². The summed E-state index contributed by atoms with van der Waals surface area (Å²) in [5.74, 6) is 2.66. The third-order valence-electron chi connectivity index (χ3n) is 13.5. The fourth-order valence-electron chi connectivity index (χ4n) is 9.30. The van der Waals surface area contributed by atoms with Crippen LogP contribution >= 0.6 is 0 Å². The molecule has 0 amide bonds. The van der Waals surface area contributed by atoms with Crippen molar-refractivity contribution in [2.45, 2.75) is 105 Å². The molecule has 0 saturated carbocycles. The predicted molar refractivity (Wildman–Crippen MR) is 291 cm³/mol. The molecule has 0 fully saturated rings. The average Bonchev–Trinajstić information content (AvgIpc) is 3.93. The van der Waals surface area contributed by atoms with E-state index in [4.69, 9.17) is 14.8 Å². The van der Waals surface area contributed by atoms with E-state index in [9.17, 15) is 0 Å².